The second kappa shape index (κ2) is 3.32. The topological polar surface area (TPSA) is 49.7 Å². The molecule has 3 heteroatoms. The van der Waals surface area contributed by atoms with Gasteiger partial charge in [-0.15, -0.1) is 0 Å². The Kier molecular flexibility index (Phi) is 2.35. The molecule has 2 aliphatic rings. The minimum atomic E-state index is -0.556. The number of hydrogen-bond donors (Lipinski definition) is 2. The first-order valence-corrected chi connectivity index (χ1v) is 4.73. The van der Waals surface area contributed by atoms with Crippen LogP contribution in [-0.4, -0.2) is 35.6 Å². The summed E-state index contributed by atoms with van der Waals surface area (Å²) in [4.78, 5) is 0. The van der Waals surface area contributed by atoms with Gasteiger partial charge in [0, 0.05) is 12.5 Å². The molecule has 2 rings (SSSR count). The Morgan fingerprint density at radius 2 is 1.67 bits per heavy atom. The molecule has 3 nitrogen and oxygen atoms in total. The highest BCUT2D eigenvalue weighted by molar-refractivity contribution is 4.89. The first-order chi connectivity index (χ1) is 5.79. The van der Waals surface area contributed by atoms with Crippen LogP contribution in [0.1, 0.15) is 19.3 Å². The Labute approximate surface area is 72.3 Å². The van der Waals surface area contributed by atoms with Crippen LogP contribution in [-0.2, 0) is 4.74 Å². The first-order valence-electron chi connectivity index (χ1n) is 4.73. The molecule has 70 valence electrons. The Morgan fingerprint density at radius 3 is 2.17 bits per heavy atom. The van der Waals surface area contributed by atoms with Crippen molar-refractivity contribution >= 4 is 0 Å². The van der Waals surface area contributed by atoms with Crippen molar-refractivity contribution in [2.45, 2.75) is 31.5 Å². The smallest absolute Gasteiger partial charge is 0.0852 e. The fourth-order valence-electron chi connectivity index (χ4n) is 1.82. The number of rotatable bonds is 3. The van der Waals surface area contributed by atoms with E-state index in [1.165, 1.54) is 0 Å². The second-order valence-electron chi connectivity index (χ2n) is 3.94. The fourth-order valence-corrected chi connectivity index (χ4v) is 1.82. The summed E-state index contributed by atoms with van der Waals surface area (Å²) in [7, 11) is 0. The standard InChI is InChI=1S/C9H16O3/c10-8(6-1-2-6)9(11)7-3-4-12-5-7/h6-11H,1-5H2. The second-order valence-corrected chi connectivity index (χ2v) is 3.94. The lowest BCUT2D eigenvalue weighted by Crippen LogP contribution is -2.35. The van der Waals surface area contributed by atoms with Gasteiger partial charge in [-0.25, -0.2) is 0 Å². The van der Waals surface area contributed by atoms with Gasteiger partial charge in [0.2, 0.25) is 0 Å². The van der Waals surface area contributed by atoms with Crippen LogP contribution < -0.4 is 0 Å². The summed E-state index contributed by atoms with van der Waals surface area (Å²) in [5, 5.41) is 19.3. The number of aliphatic hydroxyl groups is 2. The average molecular weight is 172 g/mol. The van der Waals surface area contributed by atoms with Crippen molar-refractivity contribution in [3.63, 3.8) is 0 Å². The molecule has 0 bridgehead atoms. The maximum atomic E-state index is 9.70. The van der Waals surface area contributed by atoms with Crippen LogP contribution in [0.5, 0.6) is 0 Å². The minimum absolute atomic E-state index is 0.167. The molecule has 0 radical (unpaired) electrons. The van der Waals surface area contributed by atoms with Gasteiger partial charge < -0.3 is 14.9 Å². The molecule has 1 aliphatic carbocycles. The minimum Gasteiger partial charge on any atom is -0.390 e. The normalized spacial score (nSPS) is 35.0. The van der Waals surface area contributed by atoms with E-state index in [-0.39, 0.29) is 5.92 Å². The molecule has 0 aromatic heterocycles. The van der Waals surface area contributed by atoms with Crippen molar-refractivity contribution in [3.05, 3.63) is 0 Å². The summed E-state index contributed by atoms with van der Waals surface area (Å²) in [6.45, 7) is 1.35. The lowest BCUT2D eigenvalue weighted by Gasteiger charge is -2.21. The molecule has 3 atom stereocenters. The highest BCUT2D eigenvalue weighted by atomic mass is 16.5. The van der Waals surface area contributed by atoms with Gasteiger partial charge in [0.25, 0.3) is 0 Å². The molecule has 1 saturated heterocycles. The quantitative estimate of drug-likeness (QED) is 0.637. The SMILES string of the molecule is OC(C1CC1)C(O)C1CCOC1. The van der Waals surface area contributed by atoms with Crippen LogP contribution >= 0.6 is 0 Å². The van der Waals surface area contributed by atoms with Gasteiger partial charge >= 0.3 is 0 Å². The molecule has 0 spiro atoms. The van der Waals surface area contributed by atoms with Crippen LogP contribution in [0.25, 0.3) is 0 Å². The van der Waals surface area contributed by atoms with Gasteiger partial charge in [-0.05, 0) is 25.2 Å². The van der Waals surface area contributed by atoms with Gasteiger partial charge in [-0.2, -0.15) is 0 Å². The molecule has 1 heterocycles. The van der Waals surface area contributed by atoms with Gasteiger partial charge in [-0.1, -0.05) is 0 Å². The first kappa shape index (κ1) is 8.48. The number of aliphatic hydroxyl groups excluding tert-OH is 2. The van der Waals surface area contributed by atoms with Gasteiger partial charge in [0.05, 0.1) is 18.8 Å². The van der Waals surface area contributed by atoms with Crippen LogP contribution in [0.2, 0.25) is 0 Å². The van der Waals surface area contributed by atoms with E-state index < -0.39 is 12.2 Å². The molecule has 0 amide bonds. The van der Waals surface area contributed by atoms with Crippen molar-refractivity contribution in [3.8, 4) is 0 Å². The van der Waals surface area contributed by atoms with Gasteiger partial charge in [0.1, 0.15) is 0 Å². The molecule has 1 saturated carbocycles. The molecular formula is C9H16O3. The molecule has 2 N–H and O–H groups in total. The van der Waals surface area contributed by atoms with Crippen molar-refractivity contribution in [2.75, 3.05) is 13.2 Å². The predicted octanol–water partition coefficient (Wildman–Crippen LogP) is 0.155. The molecule has 12 heavy (non-hydrogen) atoms. The van der Waals surface area contributed by atoms with Crippen LogP contribution in [0.15, 0.2) is 0 Å². The lowest BCUT2D eigenvalue weighted by molar-refractivity contribution is -0.0300. The molecule has 1 aliphatic heterocycles. The van der Waals surface area contributed by atoms with Crippen molar-refractivity contribution in [2.24, 2.45) is 11.8 Å². The monoisotopic (exact) mass is 172 g/mol. The van der Waals surface area contributed by atoms with E-state index in [9.17, 15) is 10.2 Å². The predicted molar refractivity (Wildman–Crippen MR) is 43.7 cm³/mol. The van der Waals surface area contributed by atoms with E-state index in [1.54, 1.807) is 0 Å². The third-order valence-corrected chi connectivity index (χ3v) is 2.90. The Bertz CT molecular complexity index is 148. The third kappa shape index (κ3) is 1.63. The summed E-state index contributed by atoms with van der Waals surface area (Å²) in [5.41, 5.74) is 0. The molecule has 0 aromatic carbocycles. The molecule has 0 aromatic rings. The Balaban J connectivity index is 1.84. The van der Waals surface area contributed by atoms with Crippen LogP contribution in [0.3, 0.4) is 0 Å². The van der Waals surface area contributed by atoms with Crippen molar-refractivity contribution in [1.82, 2.24) is 0 Å². The number of ether oxygens (including phenoxy) is 1. The lowest BCUT2D eigenvalue weighted by atomic mass is 9.95. The van der Waals surface area contributed by atoms with Crippen molar-refractivity contribution < 1.29 is 14.9 Å². The Hall–Kier alpha value is -0.120. The zero-order valence-electron chi connectivity index (χ0n) is 7.15. The maximum Gasteiger partial charge on any atom is 0.0852 e. The Morgan fingerprint density at radius 1 is 1.00 bits per heavy atom. The zero-order valence-corrected chi connectivity index (χ0v) is 7.15. The fraction of sp³-hybridized carbons (Fsp3) is 1.00. The summed E-state index contributed by atoms with van der Waals surface area (Å²) in [6.07, 6.45) is 1.99. The zero-order chi connectivity index (χ0) is 8.55. The van der Waals surface area contributed by atoms with Crippen LogP contribution in [0.4, 0.5) is 0 Å². The third-order valence-electron chi connectivity index (χ3n) is 2.90. The van der Waals surface area contributed by atoms with Gasteiger partial charge in [0.15, 0.2) is 0 Å². The van der Waals surface area contributed by atoms with E-state index in [0.29, 0.717) is 12.5 Å². The molecular weight excluding hydrogens is 156 g/mol. The summed E-state index contributed by atoms with van der Waals surface area (Å²) >= 11 is 0. The van der Waals surface area contributed by atoms with E-state index in [4.69, 9.17) is 4.74 Å². The summed E-state index contributed by atoms with van der Waals surface area (Å²) < 4.78 is 5.16. The summed E-state index contributed by atoms with van der Waals surface area (Å²) in [5.74, 6) is 0.529. The molecule has 3 unspecified atom stereocenters. The highest BCUT2D eigenvalue weighted by Crippen LogP contribution is 2.36. The van der Waals surface area contributed by atoms with E-state index >= 15 is 0 Å². The van der Waals surface area contributed by atoms with E-state index in [2.05, 4.69) is 0 Å². The maximum absolute atomic E-state index is 9.70. The summed E-state index contributed by atoms with van der Waals surface area (Å²) in [6, 6.07) is 0. The average Bonchev–Trinajstić information content (AvgIpc) is 2.79. The highest BCUT2D eigenvalue weighted by Gasteiger charge is 2.38. The van der Waals surface area contributed by atoms with E-state index in [1.807, 2.05) is 0 Å². The molecule has 2 fully saturated rings. The van der Waals surface area contributed by atoms with E-state index in [0.717, 1.165) is 25.9 Å². The van der Waals surface area contributed by atoms with Gasteiger partial charge in [-0.3, -0.25) is 0 Å². The van der Waals surface area contributed by atoms with Crippen LogP contribution in [0, 0.1) is 11.8 Å². The van der Waals surface area contributed by atoms with Crippen molar-refractivity contribution in [1.29, 1.82) is 0 Å². The number of hydrogen-bond acceptors (Lipinski definition) is 3. The largest absolute Gasteiger partial charge is 0.390 e.